The molecule has 0 aliphatic carbocycles. The molecule has 0 bridgehead atoms. The Bertz CT molecular complexity index is 229. The molecule has 1 amide bonds. The van der Waals surface area contributed by atoms with E-state index in [1.54, 1.807) is 0 Å². The molecule has 3 atom stereocenters. The summed E-state index contributed by atoms with van der Waals surface area (Å²) in [5.74, 6) is 4.13. The molecule has 0 spiro atoms. The fourth-order valence-corrected chi connectivity index (χ4v) is 3.57. The molecule has 2 aliphatic rings. The molecule has 0 radical (unpaired) electrons. The maximum Gasteiger partial charge on any atom is 0.224 e. The highest BCUT2D eigenvalue weighted by molar-refractivity contribution is 7.99. The van der Waals surface area contributed by atoms with Crippen molar-refractivity contribution in [2.75, 3.05) is 31.1 Å². The number of hydrogen-bond acceptors (Lipinski definition) is 3. The van der Waals surface area contributed by atoms with Crippen LogP contribution in [0, 0.1) is 17.8 Å². The smallest absolute Gasteiger partial charge is 0.224 e. The van der Waals surface area contributed by atoms with Crippen molar-refractivity contribution in [3.05, 3.63) is 0 Å². The molecule has 2 rings (SSSR count). The highest BCUT2D eigenvalue weighted by Crippen LogP contribution is 2.23. The van der Waals surface area contributed by atoms with E-state index in [0.717, 1.165) is 19.6 Å². The summed E-state index contributed by atoms with van der Waals surface area (Å²) in [6.07, 6.45) is 1.27. The largest absolute Gasteiger partial charge is 0.356 e. The van der Waals surface area contributed by atoms with E-state index in [0.29, 0.717) is 11.8 Å². The van der Waals surface area contributed by atoms with Crippen LogP contribution in [0.3, 0.4) is 0 Å². The van der Waals surface area contributed by atoms with Gasteiger partial charge in [-0.3, -0.25) is 4.79 Å². The summed E-state index contributed by atoms with van der Waals surface area (Å²) < 4.78 is 0. The molecule has 2 N–H and O–H groups in total. The first-order chi connectivity index (χ1) is 7.27. The van der Waals surface area contributed by atoms with Crippen LogP contribution in [0.2, 0.25) is 0 Å². The average Bonchev–Trinajstić information content (AvgIpc) is 2.84. The SMILES string of the molecule is CC1CNCC1C(=O)NCC1CCSC1. The van der Waals surface area contributed by atoms with Crippen molar-refractivity contribution >= 4 is 17.7 Å². The minimum atomic E-state index is 0.194. The lowest BCUT2D eigenvalue weighted by Crippen LogP contribution is -2.37. The van der Waals surface area contributed by atoms with Gasteiger partial charge in [-0.1, -0.05) is 6.92 Å². The van der Waals surface area contributed by atoms with Crippen molar-refractivity contribution < 1.29 is 4.79 Å². The third-order valence-corrected chi connectivity index (χ3v) is 4.67. The van der Waals surface area contributed by atoms with Crippen LogP contribution in [-0.2, 0) is 4.79 Å². The molecule has 3 unspecified atom stereocenters. The second kappa shape index (κ2) is 5.21. The van der Waals surface area contributed by atoms with Crippen molar-refractivity contribution in [3.8, 4) is 0 Å². The number of amides is 1. The Morgan fingerprint density at radius 3 is 3.00 bits per heavy atom. The average molecular weight is 228 g/mol. The van der Waals surface area contributed by atoms with E-state index in [1.165, 1.54) is 17.9 Å². The van der Waals surface area contributed by atoms with Crippen molar-refractivity contribution in [1.29, 1.82) is 0 Å². The fraction of sp³-hybridized carbons (Fsp3) is 0.909. The van der Waals surface area contributed by atoms with E-state index < -0.39 is 0 Å². The molecule has 2 aliphatic heterocycles. The van der Waals surface area contributed by atoms with Gasteiger partial charge in [0.15, 0.2) is 0 Å². The molecule has 0 saturated carbocycles. The van der Waals surface area contributed by atoms with Crippen LogP contribution in [-0.4, -0.2) is 37.0 Å². The molecule has 0 aromatic rings. The summed E-state index contributed by atoms with van der Waals surface area (Å²) >= 11 is 2.00. The molecule has 0 aromatic heterocycles. The zero-order valence-corrected chi connectivity index (χ0v) is 10.1. The van der Waals surface area contributed by atoms with Gasteiger partial charge in [0.2, 0.25) is 5.91 Å². The fourth-order valence-electron chi connectivity index (χ4n) is 2.28. The predicted molar refractivity (Wildman–Crippen MR) is 64.0 cm³/mol. The van der Waals surface area contributed by atoms with Crippen molar-refractivity contribution in [3.63, 3.8) is 0 Å². The molecular formula is C11H20N2OS. The maximum atomic E-state index is 11.9. The summed E-state index contributed by atoms with van der Waals surface area (Å²) in [7, 11) is 0. The number of carbonyl (C=O) groups is 1. The lowest BCUT2D eigenvalue weighted by molar-refractivity contribution is -0.125. The zero-order chi connectivity index (χ0) is 10.7. The third-order valence-electron chi connectivity index (χ3n) is 3.44. The summed E-state index contributed by atoms with van der Waals surface area (Å²) in [5, 5.41) is 6.37. The van der Waals surface area contributed by atoms with Crippen LogP contribution >= 0.6 is 11.8 Å². The van der Waals surface area contributed by atoms with Crippen LogP contribution < -0.4 is 10.6 Å². The number of hydrogen-bond donors (Lipinski definition) is 2. The van der Waals surface area contributed by atoms with Crippen LogP contribution in [0.15, 0.2) is 0 Å². The first-order valence-electron chi connectivity index (χ1n) is 5.83. The molecule has 2 heterocycles. The van der Waals surface area contributed by atoms with E-state index in [9.17, 15) is 4.79 Å². The number of rotatable bonds is 3. The number of nitrogens with one attached hydrogen (secondary N) is 2. The molecule has 86 valence electrons. The predicted octanol–water partition coefficient (Wildman–Crippen LogP) is 0.711. The van der Waals surface area contributed by atoms with Gasteiger partial charge in [0.1, 0.15) is 0 Å². The number of carbonyl (C=O) groups excluding carboxylic acids is 1. The standard InChI is InChI=1S/C11H20N2OS/c1-8-4-12-6-10(8)11(14)13-5-9-2-3-15-7-9/h8-10,12H,2-7H2,1H3,(H,13,14). The summed E-state index contributed by atoms with van der Waals surface area (Å²) in [5.41, 5.74) is 0. The van der Waals surface area contributed by atoms with Gasteiger partial charge in [-0.15, -0.1) is 0 Å². The first-order valence-corrected chi connectivity index (χ1v) is 6.99. The topological polar surface area (TPSA) is 41.1 Å². The van der Waals surface area contributed by atoms with E-state index in [1.807, 2.05) is 11.8 Å². The van der Waals surface area contributed by atoms with Gasteiger partial charge < -0.3 is 10.6 Å². The molecule has 0 aromatic carbocycles. The maximum absolute atomic E-state index is 11.9. The number of thioether (sulfide) groups is 1. The highest BCUT2D eigenvalue weighted by Gasteiger charge is 2.29. The minimum absolute atomic E-state index is 0.194. The molecular weight excluding hydrogens is 208 g/mol. The molecule has 3 nitrogen and oxygen atoms in total. The minimum Gasteiger partial charge on any atom is -0.356 e. The van der Waals surface area contributed by atoms with Gasteiger partial charge >= 0.3 is 0 Å². The Hall–Kier alpha value is -0.220. The Morgan fingerprint density at radius 1 is 1.53 bits per heavy atom. The van der Waals surface area contributed by atoms with Crippen LogP contribution in [0.1, 0.15) is 13.3 Å². The van der Waals surface area contributed by atoms with Crippen LogP contribution in [0.25, 0.3) is 0 Å². The van der Waals surface area contributed by atoms with Crippen molar-refractivity contribution in [1.82, 2.24) is 10.6 Å². The Balaban J connectivity index is 1.71. The van der Waals surface area contributed by atoms with E-state index in [2.05, 4.69) is 17.6 Å². The Kier molecular flexibility index (Phi) is 3.92. The van der Waals surface area contributed by atoms with E-state index >= 15 is 0 Å². The van der Waals surface area contributed by atoms with Crippen molar-refractivity contribution in [2.45, 2.75) is 13.3 Å². The molecule has 2 fully saturated rings. The summed E-state index contributed by atoms with van der Waals surface area (Å²) in [6, 6.07) is 0. The lowest BCUT2D eigenvalue weighted by atomic mass is 9.97. The second-order valence-electron chi connectivity index (χ2n) is 4.72. The van der Waals surface area contributed by atoms with Gasteiger partial charge in [-0.2, -0.15) is 11.8 Å². The quantitative estimate of drug-likeness (QED) is 0.747. The third kappa shape index (κ3) is 2.88. The zero-order valence-electron chi connectivity index (χ0n) is 9.29. The molecule has 4 heteroatoms. The van der Waals surface area contributed by atoms with Gasteiger partial charge in [-0.25, -0.2) is 0 Å². The second-order valence-corrected chi connectivity index (χ2v) is 5.87. The lowest BCUT2D eigenvalue weighted by Gasteiger charge is -2.16. The van der Waals surface area contributed by atoms with Gasteiger partial charge in [0.05, 0.1) is 5.92 Å². The van der Waals surface area contributed by atoms with Gasteiger partial charge in [-0.05, 0) is 36.3 Å². The normalized spacial score (nSPS) is 35.7. The van der Waals surface area contributed by atoms with E-state index in [4.69, 9.17) is 0 Å². The first kappa shape index (κ1) is 11.3. The summed E-state index contributed by atoms with van der Waals surface area (Å²) in [6.45, 7) is 4.87. The van der Waals surface area contributed by atoms with E-state index in [-0.39, 0.29) is 11.8 Å². The molecule has 2 saturated heterocycles. The van der Waals surface area contributed by atoms with Crippen LogP contribution in [0.5, 0.6) is 0 Å². The van der Waals surface area contributed by atoms with Gasteiger partial charge in [0.25, 0.3) is 0 Å². The van der Waals surface area contributed by atoms with Crippen LogP contribution in [0.4, 0.5) is 0 Å². The van der Waals surface area contributed by atoms with Gasteiger partial charge in [0, 0.05) is 13.1 Å². The summed E-state index contributed by atoms with van der Waals surface area (Å²) in [4.78, 5) is 11.9. The Morgan fingerprint density at radius 2 is 2.40 bits per heavy atom. The van der Waals surface area contributed by atoms with Crippen molar-refractivity contribution in [2.24, 2.45) is 17.8 Å². The Labute approximate surface area is 95.8 Å². The highest BCUT2D eigenvalue weighted by atomic mass is 32.2. The molecule has 15 heavy (non-hydrogen) atoms. The monoisotopic (exact) mass is 228 g/mol.